The van der Waals surface area contributed by atoms with Gasteiger partial charge in [0.25, 0.3) is 0 Å². The Morgan fingerprint density at radius 1 is 1.15 bits per heavy atom. The fourth-order valence-electron chi connectivity index (χ4n) is 1.91. The van der Waals surface area contributed by atoms with Crippen molar-refractivity contribution in [3.63, 3.8) is 0 Å². The zero-order valence-corrected chi connectivity index (χ0v) is 11.3. The van der Waals surface area contributed by atoms with E-state index in [1.165, 1.54) is 12.1 Å². The monoisotopic (exact) mass is 287 g/mol. The maximum Gasteiger partial charge on any atom is 0.573 e. The molecular weight excluding hydrogens is 267 g/mol. The molecule has 1 aromatic carbocycles. The summed E-state index contributed by atoms with van der Waals surface area (Å²) in [5.41, 5.74) is 6.83. The van der Waals surface area contributed by atoms with Crippen LogP contribution in [0.4, 0.5) is 13.2 Å². The van der Waals surface area contributed by atoms with Crippen LogP contribution in [0.15, 0.2) is 36.9 Å². The molecule has 0 bridgehead atoms. The number of alkyl halides is 3. The smallest absolute Gasteiger partial charge is 0.406 e. The zero-order valence-electron chi connectivity index (χ0n) is 11.3. The Morgan fingerprint density at radius 2 is 1.80 bits per heavy atom. The minimum Gasteiger partial charge on any atom is -0.406 e. The predicted molar refractivity (Wildman–Crippen MR) is 73.3 cm³/mol. The molecule has 0 aliphatic heterocycles. The van der Waals surface area contributed by atoms with E-state index in [2.05, 4.69) is 11.3 Å². The van der Waals surface area contributed by atoms with E-state index in [0.717, 1.165) is 37.7 Å². The van der Waals surface area contributed by atoms with Gasteiger partial charge in [-0.25, -0.2) is 0 Å². The average molecular weight is 287 g/mol. The first-order valence-electron chi connectivity index (χ1n) is 6.64. The Morgan fingerprint density at radius 3 is 2.35 bits per heavy atom. The fraction of sp³-hybridized carbons (Fsp3) is 0.467. The molecule has 0 heterocycles. The van der Waals surface area contributed by atoms with E-state index in [1.807, 2.05) is 6.08 Å². The minimum atomic E-state index is -4.66. The number of allylic oxidation sites excluding steroid dienone is 1. The Kier molecular flexibility index (Phi) is 6.58. The van der Waals surface area contributed by atoms with Gasteiger partial charge in [0.15, 0.2) is 0 Å². The van der Waals surface area contributed by atoms with Crippen molar-refractivity contribution in [2.45, 2.75) is 44.5 Å². The first kappa shape index (κ1) is 16.6. The number of hydrogen-bond donors (Lipinski definition) is 1. The molecule has 0 radical (unpaired) electrons. The van der Waals surface area contributed by atoms with Crippen molar-refractivity contribution in [3.8, 4) is 5.75 Å². The van der Waals surface area contributed by atoms with Crippen LogP contribution < -0.4 is 10.5 Å². The summed E-state index contributed by atoms with van der Waals surface area (Å²) in [7, 11) is 0. The van der Waals surface area contributed by atoms with E-state index >= 15 is 0 Å². The Balaban J connectivity index is 2.41. The molecule has 0 aliphatic carbocycles. The minimum absolute atomic E-state index is 0.154. The van der Waals surface area contributed by atoms with E-state index < -0.39 is 6.36 Å². The molecule has 1 atom stereocenters. The molecule has 0 spiro atoms. The molecule has 0 fully saturated rings. The SMILES string of the molecule is C=CCCCCCC(N)c1ccc(OC(F)(F)F)cc1. The van der Waals surface area contributed by atoms with Crippen LogP contribution in [0.3, 0.4) is 0 Å². The van der Waals surface area contributed by atoms with Crippen molar-refractivity contribution in [1.82, 2.24) is 0 Å². The lowest BCUT2D eigenvalue weighted by atomic mass is 10.0. The molecule has 2 N–H and O–H groups in total. The van der Waals surface area contributed by atoms with Gasteiger partial charge in [-0.05, 0) is 37.0 Å². The number of unbranched alkanes of at least 4 members (excludes halogenated alkanes) is 3. The van der Waals surface area contributed by atoms with Gasteiger partial charge in [0.1, 0.15) is 5.75 Å². The highest BCUT2D eigenvalue weighted by atomic mass is 19.4. The third-order valence-electron chi connectivity index (χ3n) is 2.97. The van der Waals surface area contributed by atoms with E-state index in [1.54, 1.807) is 12.1 Å². The van der Waals surface area contributed by atoms with Crippen LogP contribution in [0.2, 0.25) is 0 Å². The van der Waals surface area contributed by atoms with E-state index in [0.29, 0.717) is 0 Å². The van der Waals surface area contributed by atoms with Crippen LogP contribution in [0.5, 0.6) is 5.75 Å². The fourth-order valence-corrected chi connectivity index (χ4v) is 1.91. The number of rotatable bonds is 8. The molecule has 0 amide bonds. The highest BCUT2D eigenvalue weighted by molar-refractivity contribution is 5.29. The average Bonchev–Trinajstić information content (AvgIpc) is 2.37. The van der Waals surface area contributed by atoms with E-state index in [9.17, 15) is 13.2 Å². The van der Waals surface area contributed by atoms with Crippen molar-refractivity contribution >= 4 is 0 Å². The summed E-state index contributed by atoms with van der Waals surface area (Å²) in [5, 5.41) is 0. The number of nitrogens with two attached hydrogens (primary N) is 1. The number of ether oxygens (including phenoxy) is 1. The molecule has 5 heteroatoms. The first-order valence-corrected chi connectivity index (χ1v) is 6.64. The zero-order chi connectivity index (χ0) is 15.0. The first-order chi connectivity index (χ1) is 9.42. The summed E-state index contributed by atoms with van der Waals surface area (Å²) in [5.74, 6) is -0.223. The largest absolute Gasteiger partial charge is 0.573 e. The predicted octanol–water partition coefficient (Wildman–Crippen LogP) is 4.72. The maximum absolute atomic E-state index is 12.0. The highest BCUT2D eigenvalue weighted by Gasteiger charge is 2.30. The van der Waals surface area contributed by atoms with Crippen LogP contribution in [0.1, 0.15) is 43.7 Å². The second-order valence-corrected chi connectivity index (χ2v) is 4.65. The van der Waals surface area contributed by atoms with Gasteiger partial charge in [-0.3, -0.25) is 0 Å². The lowest BCUT2D eigenvalue weighted by Gasteiger charge is -2.13. The summed E-state index contributed by atoms with van der Waals surface area (Å²) >= 11 is 0. The number of benzene rings is 1. The summed E-state index contributed by atoms with van der Waals surface area (Å²) in [6, 6.07) is 5.59. The number of hydrogen-bond acceptors (Lipinski definition) is 2. The molecule has 0 saturated heterocycles. The van der Waals surface area contributed by atoms with E-state index in [-0.39, 0.29) is 11.8 Å². The second-order valence-electron chi connectivity index (χ2n) is 4.65. The molecular formula is C15H20F3NO. The number of halogens is 3. The molecule has 112 valence electrons. The summed E-state index contributed by atoms with van der Waals surface area (Å²) < 4.78 is 39.9. The second kappa shape index (κ2) is 7.94. The van der Waals surface area contributed by atoms with Crippen molar-refractivity contribution in [3.05, 3.63) is 42.5 Å². The van der Waals surface area contributed by atoms with Gasteiger partial charge in [0.2, 0.25) is 0 Å². The van der Waals surface area contributed by atoms with Gasteiger partial charge in [0, 0.05) is 6.04 Å². The molecule has 20 heavy (non-hydrogen) atoms. The topological polar surface area (TPSA) is 35.2 Å². The lowest BCUT2D eigenvalue weighted by Crippen LogP contribution is -2.17. The standard InChI is InChI=1S/C15H20F3NO/c1-2-3-4-5-6-7-14(19)12-8-10-13(11-9-12)20-15(16,17)18/h2,8-11,14H,1,3-7,19H2. The third kappa shape index (κ3) is 6.61. The van der Waals surface area contributed by atoms with Gasteiger partial charge >= 0.3 is 6.36 Å². The molecule has 0 aliphatic rings. The van der Waals surface area contributed by atoms with Crippen LogP contribution >= 0.6 is 0 Å². The maximum atomic E-state index is 12.0. The van der Waals surface area contributed by atoms with Gasteiger partial charge in [-0.1, -0.05) is 31.1 Å². The van der Waals surface area contributed by atoms with Gasteiger partial charge in [-0.2, -0.15) is 0 Å². The summed E-state index contributed by atoms with van der Waals surface area (Å²) in [6.07, 6.45) is 2.21. The van der Waals surface area contributed by atoms with Crippen LogP contribution in [-0.4, -0.2) is 6.36 Å². The van der Waals surface area contributed by atoms with E-state index in [4.69, 9.17) is 5.73 Å². The van der Waals surface area contributed by atoms with Crippen molar-refractivity contribution in [1.29, 1.82) is 0 Å². The molecule has 0 saturated carbocycles. The van der Waals surface area contributed by atoms with Crippen molar-refractivity contribution < 1.29 is 17.9 Å². The van der Waals surface area contributed by atoms with Gasteiger partial charge in [-0.15, -0.1) is 19.8 Å². The van der Waals surface area contributed by atoms with Crippen LogP contribution in [0.25, 0.3) is 0 Å². The van der Waals surface area contributed by atoms with Crippen molar-refractivity contribution in [2.24, 2.45) is 5.73 Å². The van der Waals surface area contributed by atoms with Crippen molar-refractivity contribution in [2.75, 3.05) is 0 Å². The van der Waals surface area contributed by atoms with Gasteiger partial charge < -0.3 is 10.5 Å². The quantitative estimate of drug-likeness (QED) is 0.554. The molecule has 1 rings (SSSR count). The Bertz CT molecular complexity index is 401. The molecule has 0 aromatic heterocycles. The Hall–Kier alpha value is -1.49. The van der Waals surface area contributed by atoms with Crippen LogP contribution in [0, 0.1) is 0 Å². The molecule has 1 aromatic rings. The molecule has 2 nitrogen and oxygen atoms in total. The normalized spacial score (nSPS) is 13.0. The lowest BCUT2D eigenvalue weighted by molar-refractivity contribution is -0.274. The van der Waals surface area contributed by atoms with Crippen LogP contribution in [-0.2, 0) is 0 Å². The molecule has 1 unspecified atom stereocenters. The Labute approximate surface area is 117 Å². The summed E-state index contributed by atoms with van der Waals surface area (Å²) in [6.45, 7) is 3.66. The summed E-state index contributed by atoms with van der Waals surface area (Å²) in [4.78, 5) is 0. The van der Waals surface area contributed by atoms with Gasteiger partial charge in [0.05, 0.1) is 0 Å². The third-order valence-corrected chi connectivity index (χ3v) is 2.97. The highest BCUT2D eigenvalue weighted by Crippen LogP contribution is 2.25.